The second kappa shape index (κ2) is 9.23. The highest BCUT2D eigenvalue weighted by atomic mass is 16.5. The molecule has 1 aliphatic heterocycles. The fourth-order valence-electron chi connectivity index (χ4n) is 2.44. The second-order valence-electron chi connectivity index (χ2n) is 6.20. The van der Waals surface area contributed by atoms with Crippen molar-refractivity contribution in [3.8, 4) is 0 Å². The van der Waals surface area contributed by atoms with E-state index in [1.165, 1.54) is 5.56 Å². The standard InChI is InChI=1S/C19H26N2O3/c1-15(2)19(23)24-12-8-4-7-11-20-18(22)17-14-21(17)13-16-9-5-3-6-10-16/h3,5-6,9-10,17H,1,4,7-8,11-14H2,2H3,(H,20,22). The number of unbranched alkanes of at least 4 members (excludes halogenated alkanes) is 2. The molecule has 5 heteroatoms. The monoisotopic (exact) mass is 330 g/mol. The van der Waals surface area contributed by atoms with Gasteiger partial charge >= 0.3 is 5.97 Å². The van der Waals surface area contributed by atoms with Crippen LogP contribution in [-0.2, 0) is 20.9 Å². The van der Waals surface area contributed by atoms with Crippen molar-refractivity contribution >= 4 is 11.9 Å². The molecule has 0 bridgehead atoms. The molecule has 0 radical (unpaired) electrons. The van der Waals surface area contributed by atoms with Crippen molar-refractivity contribution in [2.24, 2.45) is 0 Å². The summed E-state index contributed by atoms with van der Waals surface area (Å²) in [5.41, 5.74) is 1.66. The van der Waals surface area contributed by atoms with E-state index < -0.39 is 0 Å². The van der Waals surface area contributed by atoms with Crippen LogP contribution in [-0.4, -0.2) is 42.5 Å². The van der Waals surface area contributed by atoms with Crippen molar-refractivity contribution in [3.63, 3.8) is 0 Å². The predicted molar refractivity (Wildman–Crippen MR) is 93.3 cm³/mol. The topological polar surface area (TPSA) is 58.4 Å². The highest BCUT2D eigenvalue weighted by molar-refractivity contribution is 5.86. The number of esters is 1. The SMILES string of the molecule is C=C(C)C(=O)OCCCCCNC(=O)C1CN1Cc1ccccc1. The zero-order valence-corrected chi connectivity index (χ0v) is 14.3. The van der Waals surface area contributed by atoms with Gasteiger partial charge in [-0.05, 0) is 31.7 Å². The number of carbonyl (C=O) groups excluding carboxylic acids is 2. The molecule has 5 nitrogen and oxygen atoms in total. The van der Waals surface area contributed by atoms with Gasteiger partial charge in [0.25, 0.3) is 0 Å². The molecule has 2 atom stereocenters. The lowest BCUT2D eigenvalue weighted by atomic mass is 10.2. The zero-order valence-electron chi connectivity index (χ0n) is 14.3. The molecule has 24 heavy (non-hydrogen) atoms. The maximum Gasteiger partial charge on any atom is 0.333 e. The molecule has 1 aromatic carbocycles. The van der Waals surface area contributed by atoms with Gasteiger partial charge in [0.2, 0.25) is 5.91 Å². The van der Waals surface area contributed by atoms with Crippen molar-refractivity contribution in [2.75, 3.05) is 19.7 Å². The van der Waals surface area contributed by atoms with Crippen LogP contribution >= 0.6 is 0 Å². The smallest absolute Gasteiger partial charge is 0.333 e. The molecule has 0 saturated carbocycles. The van der Waals surface area contributed by atoms with Crippen LogP contribution in [0.1, 0.15) is 31.7 Å². The van der Waals surface area contributed by atoms with Gasteiger partial charge in [0.05, 0.1) is 6.61 Å². The highest BCUT2D eigenvalue weighted by Gasteiger charge is 2.39. The van der Waals surface area contributed by atoms with E-state index in [0.717, 1.165) is 32.4 Å². The predicted octanol–water partition coefficient (Wildman–Crippen LogP) is 2.28. The Morgan fingerprint density at radius 3 is 2.71 bits per heavy atom. The van der Waals surface area contributed by atoms with Gasteiger partial charge in [-0.25, -0.2) is 4.79 Å². The van der Waals surface area contributed by atoms with E-state index in [4.69, 9.17) is 4.74 Å². The Bertz CT molecular complexity index is 571. The number of ether oxygens (including phenoxy) is 1. The molecule has 1 saturated heterocycles. The number of hydrogen-bond acceptors (Lipinski definition) is 4. The van der Waals surface area contributed by atoms with Gasteiger partial charge in [0, 0.05) is 25.2 Å². The molecule has 1 aromatic rings. The van der Waals surface area contributed by atoms with Crippen LogP contribution in [0, 0.1) is 0 Å². The lowest BCUT2D eigenvalue weighted by molar-refractivity contribution is -0.139. The fraction of sp³-hybridized carbons (Fsp3) is 0.474. The number of nitrogens with one attached hydrogen (secondary N) is 1. The van der Waals surface area contributed by atoms with Crippen LogP contribution in [0.25, 0.3) is 0 Å². The molecule has 0 spiro atoms. The molecule has 1 amide bonds. The first-order valence-electron chi connectivity index (χ1n) is 8.46. The molecule has 1 heterocycles. The first-order valence-corrected chi connectivity index (χ1v) is 8.46. The number of amides is 1. The summed E-state index contributed by atoms with van der Waals surface area (Å²) >= 11 is 0. The molecule has 0 aliphatic carbocycles. The van der Waals surface area contributed by atoms with Gasteiger partial charge in [-0.2, -0.15) is 0 Å². The number of benzene rings is 1. The van der Waals surface area contributed by atoms with Gasteiger partial charge in [-0.1, -0.05) is 36.9 Å². The summed E-state index contributed by atoms with van der Waals surface area (Å²) in [6.45, 7) is 7.90. The van der Waals surface area contributed by atoms with Crippen LogP contribution in [0.4, 0.5) is 0 Å². The van der Waals surface area contributed by atoms with Crippen molar-refractivity contribution in [2.45, 2.75) is 38.8 Å². The average Bonchev–Trinajstić information content (AvgIpc) is 3.33. The number of hydrogen-bond donors (Lipinski definition) is 1. The summed E-state index contributed by atoms with van der Waals surface area (Å²) in [6.07, 6.45) is 2.61. The molecule has 2 rings (SSSR count). The summed E-state index contributed by atoms with van der Waals surface area (Å²) in [5, 5.41) is 2.98. The Morgan fingerprint density at radius 2 is 2.00 bits per heavy atom. The molecule has 1 fully saturated rings. The third-order valence-electron chi connectivity index (χ3n) is 3.95. The molecular formula is C19H26N2O3. The first-order chi connectivity index (χ1) is 11.6. The third kappa shape index (κ3) is 6.16. The van der Waals surface area contributed by atoms with Crippen LogP contribution in [0.15, 0.2) is 42.5 Å². The molecule has 1 aliphatic rings. The Balaban J connectivity index is 1.49. The average molecular weight is 330 g/mol. The van der Waals surface area contributed by atoms with E-state index in [-0.39, 0.29) is 17.9 Å². The van der Waals surface area contributed by atoms with Gasteiger partial charge in [0.1, 0.15) is 6.04 Å². The maximum absolute atomic E-state index is 12.0. The van der Waals surface area contributed by atoms with Gasteiger partial charge in [-0.15, -0.1) is 0 Å². The molecule has 2 unspecified atom stereocenters. The summed E-state index contributed by atoms with van der Waals surface area (Å²) in [5.74, 6) is -0.227. The largest absolute Gasteiger partial charge is 0.462 e. The van der Waals surface area contributed by atoms with Crippen molar-refractivity contribution < 1.29 is 14.3 Å². The quantitative estimate of drug-likeness (QED) is 0.309. The van der Waals surface area contributed by atoms with Crippen molar-refractivity contribution in [1.82, 2.24) is 10.2 Å². The minimum atomic E-state index is -0.337. The van der Waals surface area contributed by atoms with E-state index in [1.807, 2.05) is 18.2 Å². The van der Waals surface area contributed by atoms with Crippen molar-refractivity contribution in [1.29, 1.82) is 0 Å². The molecule has 1 N–H and O–H groups in total. The van der Waals surface area contributed by atoms with E-state index in [2.05, 4.69) is 28.9 Å². The summed E-state index contributed by atoms with van der Waals surface area (Å²) in [6, 6.07) is 10.2. The zero-order chi connectivity index (χ0) is 17.4. The van der Waals surface area contributed by atoms with Crippen LogP contribution < -0.4 is 5.32 Å². The second-order valence-corrected chi connectivity index (χ2v) is 6.20. The number of carbonyl (C=O) groups is 2. The first kappa shape index (κ1) is 18.2. The van der Waals surface area contributed by atoms with E-state index >= 15 is 0 Å². The van der Waals surface area contributed by atoms with Crippen LogP contribution in [0.3, 0.4) is 0 Å². The lowest BCUT2D eigenvalue weighted by Gasteiger charge is -2.07. The Morgan fingerprint density at radius 1 is 1.25 bits per heavy atom. The normalized spacial score (nSPS) is 18.7. The molecular weight excluding hydrogens is 304 g/mol. The highest BCUT2D eigenvalue weighted by Crippen LogP contribution is 2.20. The Hall–Kier alpha value is -2.14. The third-order valence-corrected chi connectivity index (χ3v) is 3.95. The number of nitrogens with zero attached hydrogens (tertiary/aromatic N) is 1. The lowest BCUT2D eigenvalue weighted by Crippen LogP contribution is -2.30. The Labute approximate surface area is 143 Å². The minimum absolute atomic E-state index is 0.0155. The summed E-state index contributed by atoms with van der Waals surface area (Å²) in [4.78, 5) is 25.4. The van der Waals surface area contributed by atoms with Crippen LogP contribution in [0.5, 0.6) is 0 Å². The van der Waals surface area contributed by atoms with Gasteiger partial charge in [0.15, 0.2) is 0 Å². The van der Waals surface area contributed by atoms with Gasteiger partial charge < -0.3 is 10.1 Å². The van der Waals surface area contributed by atoms with Crippen LogP contribution in [0.2, 0.25) is 0 Å². The fourth-order valence-corrected chi connectivity index (χ4v) is 2.44. The summed E-state index contributed by atoms with van der Waals surface area (Å²) < 4.78 is 5.02. The molecule has 130 valence electrons. The van der Waals surface area contributed by atoms with E-state index in [1.54, 1.807) is 6.92 Å². The van der Waals surface area contributed by atoms with E-state index in [0.29, 0.717) is 18.7 Å². The maximum atomic E-state index is 12.0. The van der Waals surface area contributed by atoms with Gasteiger partial charge in [-0.3, -0.25) is 9.69 Å². The molecule has 0 aromatic heterocycles. The van der Waals surface area contributed by atoms with Crippen molar-refractivity contribution in [3.05, 3.63) is 48.0 Å². The Kier molecular flexibility index (Phi) is 7.00. The number of rotatable bonds is 10. The van der Waals surface area contributed by atoms with E-state index in [9.17, 15) is 9.59 Å². The minimum Gasteiger partial charge on any atom is -0.462 e. The summed E-state index contributed by atoms with van der Waals surface area (Å²) in [7, 11) is 0.